The first-order valence-electron chi connectivity index (χ1n) is 6.01. The van der Waals surface area contributed by atoms with Crippen LogP contribution in [0.4, 0.5) is 5.69 Å². The van der Waals surface area contributed by atoms with E-state index < -0.39 is 0 Å². The number of nitrogens with zero attached hydrogens (tertiary/aromatic N) is 1. The molecular weight excluding hydrogens is 296 g/mol. The SMILES string of the molecule is CN1CCC(OC(=O)c2ccc(Br)cc2N)CC1. The summed E-state index contributed by atoms with van der Waals surface area (Å²) in [4.78, 5) is 14.2. The average molecular weight is 313 g/mol. The summed E-state index contributed by atoms with van der Waals surface area (Å²) in [5.41, 5.74) is 6.70. The third kappa shape index (κ3) is 3.23. The van der Waals surface area contributed by atoms with Crippen LogP contribution >= 0.6 is 15.9 Å². The number of nitrogens with two attached hydrogens (primary N) is 1. The van der Waals surface area contributed by atoms with Gasteiger partial charge in [0.25, 0.3) is 0 Å². The van der Waals surface area contributed by atoms with Gasteiger partial charge in [-0.05, 0) is 38.1 Å². The standard InChI is InChI=1S/C13H17BrN2O2/c1-16-6-4-10(5-7-16)18-13(17)11-3-2-9(14)8-12(11)15/h2-3,8,10H,4-7,15H2,1H3. The highest BCUT2D eigenvalue weighted by molar-refractivity contribution is 9.10. The monoisotopic (exact) mass is 312 g/mol. The first kappa shape index (κ1) is 13.4. The van der Waals surface area contributed by atoms with E-state index in [0.29, 0.717) is 11.3 Å². The van der Waals surface area contributed by atoms with Gasteiger partial charge < -0.3 is 15.4 Å². The number of hydrogen-bond donors (Lipinski definition) is 1. The highest BCUT2D eigenvalue weighted by atomic mass is 79.9. The van der Waals surface area contributed by atoms with E-state index in [1.54, 1.807) is 18.2 Å². The molecule has 0 saturated carbocycles. The lowest BCUT2D eigenvalue weighted by atomic mass is 10.1. The molecule has 0 aromatic heterocycles. The molecule has 5 heteroatoms. The minimum atomic E-state index is -0.324. The van der Waals surface area contributed by atoms with E-state index >= 15 is 0 Å². The van der Waals surface area contributed by atoms with E-state index in [1.807, 2.05) is 0 Å². The molecule has 1 heterocycles. The van der Waals surface area contributed by atoms with Gasteiger partial charge in [-0.3, -0.25) is 0 Å². The van der Waals surface area contributed by atoms with Crippen molar-refractivity contribution in [3.63, 3.8) is 0 Å². The smallest absolute Gasteiger partial charge is 0.340 e. The highest BCUT2D eigenvalue weighted by Crippen LogP contribution is 2.21. The first-order valence-corrected chi connectivity index (χ1v) is 6.80. The average Bonchev–Trinajstić information content (AvgIpc) is 2.32. The number of carbonyl (C=O) groups is 1. The normalized spacial score (nSPS) is 17.7. The molecule has 0 spiro atoms. The van der Waals surface area contributed by atoms with Gasteiger partial charge in [0.05, 0.1) is 5.56 Å². The van der Waals surface area contributed by atoms with Crippen molar-refractivity contribution in [2.24, 2.45) is 0 Å². The second-order valence-corrected chi connectivity index (χ2v) is 5.56. The number of benzene rings is 1. The topological polar surface area (TPSA) is 55.6 Å². The van der Waals surface area contributed by atoms with Crippen LogP contribution in [0.25, 0.3) is 0 Å². The van der Waals surface area contributed by atoms with Crippen LogP contribution in [-0.2, 0) is 4.74 Å². The van der Waals surface area contributed by atoms with E-state index in [9.17, 15) is 4.79 Å². The molecular formula is C13H17BrN2O2. The zero-order valence-electron chi connectivity index (χ0n) is 10.4. The molecule has 0 amide bonds. The maximum atomic E-state index is 12.0. The Morgan fingerprint density at radius 3 is 2.72 bits per heavy atom. The van der Waals surface area contributed by atoms with E-state index in [0.717, 1.165) is 30.4 Å². The van der Waals surface area contributed by atoms with Gasteiger partial charge in [-0.15, -0.1) is 0 Å². The molecule has 18 heavy (non-hydrogen) atoms. The molecule has 1 aromatic rings. The Bertz CT molecular complexity index is 443. The number of piperidine rings is 1. The maximum absolute atomic E-state index is 12.0. The molecule has 1 aromatic carbocycles. The molecule has 1 aliphatic heterocycles. The lowest BCUT2D eigenvalue weighted by molar-refractivity contribution is 0.0140. The third-order valence-corrected chi connectivity index (χ3v) is 3.67. The van der Waals surface area contributed by atoms with Crippen molar-refractivity contribution in [3.8, 4) is 0 Å². The van der Waals surface area contributed by atoms with Gasteiger partial charge >= 0.3 is 5.97 Å². The van der Waals surface area contributed by atoms with Crippen molar-refractivity contribution in [1.82, 2.24) is 4.90 Å². The molecule has 2 N–H and O–H groups in total. The highest BCUT2D eigenvalue weighted by Gasteiger charge is 2.21. The lowest BCUT2D eigenvalue weighted by Gasteiger charge is -2.28. The van der Waals surface area contributed by atoms with Gasteiger partial charge in [0.1, 0.15) is 6.10 Å². The Hall–Kier alpha value is -1.07. The van der Waals surface area contributed by atoms with Crippen LogP contribution in [0, 0.1) is 0 Å². The number of anilines is 1. The van der Waals surface area contributed by atoms with E-state index in [1.165, 1.54) is 0 Å². The van der Waals surface area contributed by atoms with Crippen LogP contribution in [0.1, 0.15) is 23.2 Å². The fourth-order valence-corrected chi connectivity index (χ4v) is 2.42. The van der Waals surface area contributed by atoms with Crippen LogP contribution in [0.15, 0.2) is 22.7 Å². The van der Waals surface area contributed by atoms with Crippen LogP contribution < -0.4 is 5.73 Å². The number of hydrogen-bond acceptors (Lipinski definition) is 4. The minimum Gasteiger partial charge on any atom is -0.459 e. The Morgan fingerprint density at radius 1 is 1.44 bits per heavy atom. The predicted molar refractivity (Wildman–Crippen MR) is 74.5 cm³/mol. The van der Waals surface area contributed by atoms with Gasteiger partial charge in [-0.2, -0.15) is 0 Å². The molecule has 2 rings (SSSR count). The van der Waals surface area contributed by atoms with Crippen molar-refractivity contribution >= 4 is 27.6 Å². The second kappa shape index (κ2) is 5.71. The first-order chi connectivity index (χ1) is 8.56. The number of rotatable bonds is 2. The molecule has 98 valence electrons. The molecule has 0 radical (unpaired) electrons. The van der Waals surface area contributed by atoms with Crippen molar-refractivity contribution in [2.45, 2.75) is 18.9 Å². The van der Waals surface area contributed by atoms with Crippen molar-refractivity contribution in [1.29, 1.82) is 0 Å². The van der Waals surface area contributed by atoms with E-state index in [-0.39, 0.29) is 12.1 Å². The number of ether oxygens (including phenoxy) is 1. The Balaban J connectivity index is 1.99. The zero-order valence-corrected chi connectivity index (χ0v) is 11.9. The molecule has 1 saturated heterocycles. The number of carbonyl (C=O) groups excluding carboxylic acids is 1. The van der Waals surface area contributed by atoms with Crippen LogP contribution in [-0.4, -0.2) is 37.1 Å². The van der Waals surface area contributed by atoms with Crippen LogP contribution in [0.5, 0.6) is 0 Å². The molecule has 1 fully saturated rings. The molecule has 0 aliphatic carbocycles. The molecule has 1 aliphatic rings. The largest absolute Gasteiger partial charge is 0.459 e. The summed E-state index contributed by atoms with van der Waals surface area (Å²) in [6.45, 7) is 1.93. The van der Waals surface area contributed by atoms with Crippen molar-refractivity contribution < 1.29 is 9.53 Å². The van der Waals surface area contributed by atoms with Gasteiger partial charge in [0.15, 0.2) is 0 Å². The molecule has 0 unspecified atom stereocenters. The lowest BCUT2D eigenvalue weighted by Crippen LogP contribution is -2.35. The summed E-state index contributed by atoms with van der Waals surface area (Å²) < 4.78 is 6.34. The molecule has 4 nitrogen and oxygen atoms in total. The summed E-state index contributed by atoms with van der Waals surface area (Å²) in [6.07, 6.45) is 1.79. The van der Waals surface area contributed by atoms with Crippen LogP contribution in [0.2, 0.25) is 0 Å². The maximum Gasteiger partial charge on any atom is 0.340 e. The van der Waals surface area contributed by atoms with Crippen molar-refractivity contribution in [2.75, 3.05) is 25.9 Å². The number of nitrogen functional groups attached to an aromatic ring is 1. The van der Waals surface area contributed by atoms with Gasteiger partial charge in [0.2, 0.25) is 0 Å². The molecule has 0 bridgehead atoms. The van der Waals surface area contributed by atoms with E-state index in [4.69, 9.17) is 10.5 Å². The summed E-state index contributed by atoms with van der Waals surface area (Å²) in [5.74, 6) is -0.324. The summed E-state index contributed by atoms with van der Waals surface area (Å²) >= 11 is 3.31. The van der Waals surface area contributed by atoms with Crippen LogP contribution in [0.3, 0.4) is 0 Å². The fourth-order valence-electron chi connectivity index (χ4n) is 2.04. The summed E-state index contributed by atoms with van der Waals surface area (Å²) in [6, 6.07) is 5.20. The third-order valence-electron chi connectivity index (χ3n) is 3.17. The number of halogens is 1. The Labute approximate surface area is 115 Å². The van der Waals surface area contributed by atoms with Crippen molar-refractivity contribution in [3.05, 3.63) is 28.2 Å². The number of likely N-dealkylation sites (tertiary alicyclic amines) is 1. The van der Waals surface area contributed by atoms with Gasteiger partial charge in [-0.1, -0.05) is 15.9 Å². The molecule has 0 atom stereocenters. The Kier molecular flexibility index (Phi) is 4.24. The Morgan fingerprint density at radius 2 is 2.11 bits per heavy atom. The van der Waals surface area contributed by atoms with Gasteiger partial charge in [0, 0.05) is 23.2 Å². The van der Waals surface area contributed by atoms with E-state index in [2.05, 4.69) is 27.9 Å². The second-order valence-electron chi connectivity index (χ2n) is 4.64. The quantitative estimate of drug-likeness (QED) is 0.672. The van der Waals surface area contributed by atoms with Gasteiger partial charge in [-0.25, -0.2) is 4.79 Å². The predicted octanol–water partition coefficient (Wildman–Crippen LogP) is 2.28. The zero-order chi connectivity index (χ0) is 13.1. The summed E-state index contributed by atoms with van der Waals surface area (Å²) in [7, 11) is 2.07. The number of esters is 1. The summed E-state index contributed by atoms with van der Waals surface area (Å²) in [5, 5.41) is 0. The fraction of sp³-hybridized carbons (Fsp3) is 0.462. The minimum absolute atomic E-state index is 0.0109.